The summed E-state index contributed by atoms with van der Waals surface area (Å²) in [5, 5.41) is 9.66. The maximum absolute atomic E-state index is 13.5. The summed E-state index contributed by atoms with van der Waals surface area (Å²) in [5.41, 5.74) is 4.40. The van der Waals surface area contributed by atoms with E-state index in [9.17, 15) is 4.39 Å². The Morgan fingerprint density at radius 3 is 2.88 bits per heavy atom. The first-order chi connectivity index (χ1) is 12.0. The minimum atomic E-state index is -0.577. The van der Waals surface area contributed by atoms with Gasteiger partial charge in [-0.05, 0) is 19.1 Å². The highest BCUT2D eigenvalue weighted by Crippen LogP contribution is 2.36. The van der Waals surface area contributed by atoms with Gasteiger partial charge in [-0.25, -0.2) is 15.2 Å². The third-order valence-corrected chi connectivity index (χ3v) is 4.76. The SMILES string of the molecule is CC1=C(/C(=N/N)NN)C(c2ccc(F)cc2Cl)N=C(c2nccs2)N1. The Bertz CT molecular complexity index is 876. The second-order valence-electron chi connectivity index (χ2n) is 5.17. The summed E-state index contributed by atoms with van der Waals surface area (Å²) in [6.07, 6.45) is 1.69. The third kappa shape index (κ3) is 3.34. The second kappa shape index (κ2) is 7.18. The predicted octanol–water partition coefficient (Wildman–Crippen LogP) is 2.04. The highest BCUT2D eigenvalue weighted by atomic mass is 35.5. The maximum atomic E-state index is 13.5. The molecule has 1 unspecified atom stereocenters. The van der Waals surface area contributed by atoms with Crippen molar-refractivity contribution in [1.82, 2.24) is 15.7 Å². The van der Waals surface area contributed by atoms with Crippen molar-refractivity contribution in [2.24, 2.45) is 21.8 Å². The minimum absolute atomic E-state index is 0.243. The van der Waals surface area contributed by atoms with E-state index >= 15 is 0 Å². The van der Waals surface area contributed by atoms with Crippen LogP contribution >= 0.6 is 22.9 Å². The van der Waals surface area contributed by atoms with Crippen LogP contribution in [0.3, 0.4) is 0 Å². The number of allylic oxidation sites excluding steroid dienone is 1. The molecule has 1 atom stereocenters. The van der Waals surface area contributed by atoms with Crippen LogP contribution in [0.15, 0.2) is 51.1 Å². The fraction of sp³-hybridized carbons (Fsp3) is 0.133. The van der Waals surface area contributed by atoms with Crippen LogP contribution < -0.4 is 22.4 Å². The Labute approximate surface area is 152 Å². The normalized spacial score (nSPS) is 18.0. The Morgan fingerprint density at radius 1 is 1.48 bits per heavy atom. The number of nitrogens with two attached hydrogens (primary N) is 2. The maximum Gasteiger partial charge on any atom is 0.167 e. The summed E-state index contributed by atoms with van der Waals surface area (Å²) in [6.45, 7) is 1.84. The lowest BCUT2D eigenvalue weighted by atomic mass is 9.95. The lowest BCUT2D eigenvalue weighted by Crippen LogP contribution is -2.39. The molecule has 0 radical (unpaired) electrons. The fourth-order valence-electron chi connectivity index (χ4n) is 2.56. The van der Waals surface area contributed by atoms with Gasteiger partial charge in [-0.1, -0.05) is 17.7 Å². The molecule has 0 saturated heterocycles. The van der Waals surface area contributed by atoms with Gasteiger partial charge in [-0.3, -0.25) is 4.99 Å². The van der Waals surface area contributed by atoms with Gasteiger partial charge in [-0.2, -0.15) is 5.10 Å². The van der Waals surface area contributed by atoms with E-state index in [0.29, 0.717) is 22.0 Å². The number of hydrogen-bond donors (Lipinski definition) is 4. The number of nitrogens with one attached hydrogen (secondary N) is 2. The Balaban J connectivity index is 2.16. The van der Waals surface area contributed by atoms with Crippen molar-refractivity contribution in [2.75, 3.05) is 0 Å². The van der Waals surface area contributed by atoms with E-state index in [1.165, 1.54) is 23.5 Å². The number of thiazole rings is 1. The minimum Gasteiger partial charge on any atom is -0.341 e. The molecule has 10 heteroatoms. The zero-order valence-corrected chi connectivity index (χ0v) is 14.7. The molecule has 6 N–H and O–H groups in total. The van der Waals surface area contributed by atoms with E-state index in [2.05, 4.69) is 20.8 Å². The van der Waals surface area contributed by atoms with E-state index in [1.807, 2.05) is 12.3 Å². The summed E-state index contributed by atoms with van der Waals surface area (Å²) >= 11 is 7.69. The molecule has 130 valence electrons. The van der Waals surface area contributed by atoms with Crippen molar-refractivity contribution in [1.29, 1.82) is 0 Å². The molecule has 2 heterocycles. The van der Waals surface area contributed by atoms with Gasteiger partial charge in [0.25, 0.3) is 0 Å². The van der Waals surface area contributed by atoms with Gasteiger partial charge in [0.2, 0.25) is 0 Å². The monoisotopic (exact) mass is 379 g/mol. The van der Waals surface area contributed by atoms with Gasteiger partial charge in [-0.15, -0.1) is 11.3 Å². The van der Waals surface area contributed by atoms with E-state index in [-0.39, 0.29) is 10.9 Å². The molecule has 3 rings (SSSR count). The van der Waals surface area contributed by atoms with Gasteiger partial charge in [0.15, 0.2) is 16.7 Å². The number of benzene rings is 1. The van der Waals surface area contributed by atoms with Crippen LogP contribution in [0.2, 0.25) is 5.02 Å². The molecule has 1 aromatic carbocycles. The number of aromatic nitrogens is 1. The molecular formula is C15H15ClFN7S. The third-order valence-electron chi connectivity index (χ3n) is 3.65. The summed E-state index contributed by atoms with van der Waals surface area (Å²) in [6, 6.07) is 3.56. The second-order valence-corrected chi connectivity index (χ2v) is 6.47. The Hall–Kier alpha value is -2.49. The standard InChI is InChI=1S/C15H15ClFN7S/c1-7-11(13(23-18)24-19)12(9-3-2-8(17)6-10(9)16)22-14(21-7)15-20-4-5-25-15/h2-6,12H,18-19H2,1H3,(H,21,22)(H,23,24). The molecular weight excluding hydrogens is 365 g/mol. The van der Waals surface area contributed by atoms with Crippen LogP contribution in [0.5, 0.6) is 0 Å². The van der Waals surface area contributed by atoms with Crippen molar-refractivity contribution in [3.8, 4) is 0 Å². The average molecular weight is 380 g/mol. The molecule has 7 nitrogen and oxygen atoms in total. The van der Waals surface area contributed by atoms with E-state index < -0.39 is 11.9 Å². The summed E-state index contributed by atoms with van der Waals surface area (Å²) in [7, 11) is 0. The van der Waals surface area contributed by atoms with Crippen LogP contribution in [-0.4, -0.2) is 16.7 Å². The van der Waals surface area contributed by atoms with E-state index in [0.717, 1.165) is 5.70 Å². The number of aliphatic imine (C=N–C) groups is 1. The van der Waals surface area contributed by atoms with Crippen LogP contribution in [0.1, 0.15) is 23.5 Å². The van der Waals surface area contributed by atoms with Crippen LogP contribution in [0.4, 0.5) is 4.39 Å². The van der Waals surface area contributed by atoms with Crippen molar-refractivity contribution in [3.05, 3.63) is 62.5 Å². The summed E-state index contributed by atoms with van der Waals surface area (Å²) < 4.78 is 13.5. The molecule has 0 bridgehead atoms. The predicted molar refractivity (Wildman–Crippen MR) is 97.6 cm³/mol. The first kappa shape index (κ1) is 17.3. The first-order valence-corrected chi connectivity index (χ1v) is 8.46. The number of hydrogen-bond acceptors (Lipinski definition) is 7. The zero-order valence-electron chi connectivity index (χ0n) is 13.1. The fourth-order valence-corrected chi connectivity index (χ4v) is 3.42. The van der Waals surface area contributed by atoms with Crippen molar-refractivity contribution in [2.45, 2.75) is 13.0 Å². The molecule has 1 aliphatic rings. The lowest BCUT2D eigenvalue weighted by Gasteiger charge is -2.27. The van der Waals surface area contributed by atoms with E-state index in [4.69, 9.17) is 28.3 Å². The molecule has 1 aromatic heterocycles. The highest BCUT2D eigenvalue weighted by molar-refractivity contribution is 7.11. The van der Waals surface area contributed by atoms with Gasteiger partial charge in [0.05, 0.1) is 0 Å². The highest BCUT2D eigenvalue weighted by Gasteiger charge is 2.30. The van der Waals surface area contributed by atoms with Gasteiger partial charge in [0, 0.05) is 33.4 Å². The van der Waals surface area contributed by atoms with Crippen LogP contribution in [0, 0.1) is 5.82 Å². The van der Waals surface area contributed by atoms with Crippen molar-refractivity contribution >= 4 is 34.6 Å². The molecule has 0 aliphatic carbocycles. The lowest BCUT2D eigenvalue weighted by molar-refractivity contribution is 0.626. The number of amidine groups is 2. The topological polar surface area (TPSA) is 114 Å². The molecule has 0 amide bonds. The first-order valence-electron chi connectivity index (χ1n) is 7.20. The number of nitrogens with zero attached hydrogens (tertiary/aromatic N) is 3. The zero-order chi connectivity index (χ0) is 18.0. The van der Waals surface area contributed by atoms with Gasteiger partial charge in [0.1, 0.15) is 11.9 Å². The number of rotatable bonds is 3. The van der Waals surface area contributed by atoms with Crippen molar-refractivity contribution < 1.29 is 4.39 Å². The number of hydrazine groups is 1. The largest absolute Gasteiger partial charge is 0.341 e. The summed E-state index contributed by atoms with van der Waals surface area (Å²) in [4.78, 5) is 8.95. The van der Waals surface area contributed by atoms with Crippen LogP contribution in [0.25, 0.3) is 0 Å². The van der Waals surface area contributed by atoms with Crippen molar-refractivity contribution in [3.63, 3.8) is 0 Å². The Morgan fingerprint density at radius 2 is 2.28 bits per heavy atom. The van der Waals surface area contributed by atoms with Gasteiger partial charge < -0.3 is 16.6 Å². The van der Waals surface area contributed by atoms with E-state index in [1.54, 1.807) is 12.3 Å². The Kier molecular flexibility index (Phi) is 4.98. The molecule has 1 aliphatic heterocycles. The summed E-state index contributed by atoms with van der Waals surface area (Å²) in [5.74, 6) is 11.4. The molecule has 0 fully saturated rings. The molecule has 25 heavy (non-hydrogen) atoms. The number of halogens is 2. The molecule has 0 saturated carbocycles. The molecule has 2 aromatic rings. The smallest absolute Gasteiger partial charge is 0.167 e. The molecule has 0 spiro atoms. The number of hydrazone groups is 1. The quantitative estimate of drug-likeness (QED) is 0.282. The average Bonchev–Trinajstić information content (AvgIpc) is 3.11. The van der Waals surface area contributed by atoms with Gasteiger partial charge >= 0.3 is 0 Å². The van der Waals surface area contributed by atoms with Crippen LogP contribution in [-0.2, 0) is 0 Å².